The van der Waals surface area contributed by atoms with Crippen molar-refractivity contribution in [3.8, 4) is 0 Å². The predicted molar refractivity (Wildman–Crippen MR) is 74.4 cm³/mol. The number of hydrogen-bond donors (Lipinski definition) is 1. The van der Waals surface area contributed by atoms with Crippen LogP contribution in [0.15, 0.2) is 46.7 Å². The lowest BCUT2D eigenvalue weighted by molar-refractivity contribution is 0.221. The molecule has 0 amide bonds. The largest absolute Gasteiger partial charge is 0.383 e. The van der Waals surface area contributed by atoms with Crippen LogP contribution in [-0.4, -0.2) is 23.5 Å². The maximum Gasteiger partial charge on any atom is 0.114 e. The lowest BCUT2D eigenvalue weighted by Crippen LogP contribution is -2.04. The molecule has 90 valence electrons. The van der Waals surface area contributed by atoms with Crippen LogP contribution in [0.25, 0.3) is 0 Å². The van der Waals surface area contributed by atoms with Gasteiger partial charge in [-0.2, -0.15) is 0 Å². The number of aliphatic hydroxyl groups is 1. The molecule has 4 heteroatoms. The van der Waals surface area contributed by atoms with Gasteiger partial charge >= 0.3 is 0 Å². The summed E-state index contributed by atoms with van der Waals surface area (Å²) in [6.45, 7) is 0. The number of benzene rings is 1. The fourth-order valence-electron chi connectivity index (χ4n) is 1.59. The average molecular weight is 265 g/mol. The van der Waals surface area contributed by atoms with Crippen molar-refractivity contribution >= 4 is 23.3 Å². The van der Waals surface area contributed by atoms with E-state index in [1.165, 1.54) is 0 Å². The SMILES string of the molecule is CN(C)Sc1ccccc1C(O)c1cccs1. The summed E-state index contributed by atoms with van der Waals surface area (Å²) in [4.78, 5) is 2.08. The van der Waals surface area contributed by atoms with E-state index in [9.17, 15) is 5.11 Å². The Morgan fingerprint density at radius 3 is 2.59 bits per heavy atom. The molecule has 0 saturated heterocycles. The molecule has 0 aliphatic rings. The summed E-state index contributed by atoms with van der Waals surface area (Å²) in [5.74, 6) is 0. The van der Waals surface area contributed by atoms with Crippen molar-refractivity contribution in [1.29, 1.82) is 0 Å². The second-order valence-electron chi connectivity index (χ2n) is 3.86. The molecule has 0 saturated carbocycles. The highest BCUT2D eigenvalue weighted by molar-refractivity contribution is 7.97. The minimum atomic E-state index is -0.529. The van der Waals surface area contributed by atoms with E-state index in [-0.39, 0.29) is 0 Å². The molecule has 1 aromatic heterocycles. The van der Waals surface area contributed by atoms with E-state index in [2.05, 4.69) is 0 Å². The molecule has 1 heterocycles. The topological polar surface area (TPSA) is 23.5 Å². The van der Waals surface area contributed by atoms with E-state index in [1.54, 1.807) is 23.3 Å². The summed E-state index contributed by atoms with van der Waals surface area (Å²) < 4.78 is 2.03. The Morgan fingerprint density at radius 2 is 1.94 bits per heavy atom. The van der Waals surface area contributed by atoms with Crippen LogP contribution >= 0.6 is 23.3 Å². The highest BCUT2D eigenvalue weighted by atomic mass is 32.2. The molecule has 1 N–H and O–H groups in total. The zero-order valence-corrected chi connectivity index (χ0v) is 11.5. The third kappa shape index (κ3) is 3.10. The summed E-state index contributed by atoms with van der Waals surface area (Å²) in [6, 6.07) is 11.9. The number of rotatable bonds is 4. The molecule has 1 unspecified atom stereocenters. The summed E-state index contributed by atoms with van der Waals surface area (Å²) in [6.07, 6.45) is -0.529. The van der Waals surface area contributed by atoms with E-state index in [1.807, 2.05) is 60.2 Å². The molecular weight excluding hydrogens is 250 g/mol. The minimum absolute atomic E-state index is 0.529. The quantitative estimate of drug-likeness (QED) is 0.857. The second-order valence-corrected chi connectivity index (χ2v) is 6.19. The summed E-state index contributed by atoms with van der Waals surface area (Å²) in [5.41, 5.74) is 0.966. The summed E-state index contributed by atoms with van der Waals surface area (Å²) in [7, 11) is 4.00. The van der Waals surface area contributed by atoms with Crippen LogP contribution < -0.4 is 0 Å². The molecule has 0 aliphatic heterocycles. The fraction of sp³-hybridized carbons (Fsp3) is 0.231. The zero-order chi connectivity index (χ0) is 12.3. The minimum Gasteiger partial charge on any atom is -0.383 e. The first-order valence-corrected chi connectivity index (χ1v) is 6.99. The van der Waals surface area contributed by atoms with Crippen molar-refractivity contribution in [2.75, 3.05) is 14.1 Å². The van der Waals surface area contributed by atoms with Crippen molar-refractivity contribution in [3.05, 3.63) is 52.2 Å². The van der Waals surface area contributed by atoms with Gasteiger partial charge in [-0.15, -0.1) is 11.3 Å². The van der Waals surface area contributed by atoms with Gasteiger partial charge in [-0.25, -0.2) is 0 Å². The summed E-state index contributed by atoms with van der Waals surface area (Å²) in [5, 5.41) is 12.3. The normalized spacial score (nSPS) is 12.9. The van der Waals surface area contributed by atoms with E-state index in [4.69, 9.17) is 0 Å². The van der Waals surface area contributed by atoms with E-state index >= 15 is 0 Å². The van der Waals surface area contributed by atoms with Crippen molar-refractivity contribution in [2.45, 2.75) is 11.0 Å². The third-order valence-electron chi connectivity index (χ3n) is 2.31. The van der Waals surface area contributed by atoms with Crippen molar-refractivity contribution in [3.63, 3.8) is 0 Å². The highest BCUT2D eigenvalue weighted by Crippen LogP contribution is 2.33. The first-order valence-electron chi connectivity index (χ1n) is 5.34. The van der Waals surface area contributed by atoms with Crippen LogP contribution in [0.3, 0.4) is 0 Å². The lowest BCUT2D eigenvalue weighted by atomic mass is 10.1. The van der Waals surface area contributed by atoms with Gasteiger partial charge in [0.1, 0.15) is 6.10 Å². The van der Waals surface area contributed by atoms with Gasteiger partial charge in [0.15, 0.2) is 0 Å². The number of hydrogen-bond acceptors (Lipinski definition) is 4. The fourth-order valence-corrected chi connectivity index (χ4v) is 3.13. The molecular formula is C13H15NOS2. The monoisotopic (exact) mass is 265 g/mol. The molecule has 1 atom stereocenters. The zero-order valence-electron chi connectivity index (χ0n) is 9.83. The third-order valence-corrected chi connectivity index (χ3v) is 4.17. The number of nitrogens with zero attached hydrogens (tertiary/aromatic N) is 1. The lowest BCUT2D eigenvalue weighted by Gasteiger charge is -2.16. The Hall–Kier alpha value is -0.810. The molecule has 1 aromatic carbocycles. The molecule has 0 spiro atoms. The maximum absolute atomic E-state index is 10.4. The van der Waals surface area contributed by atoms with Gasteiger partial charge in [0, 0.05) is 15.3 Å². The molecule has 2 aromatic rings. The maximum atomic E-state index is 10.4. The Balaban J connectivity index is 2.31. The second kappa shape index (κ2) is 5.69. The van der Waals surface area contributed by atoms with Gasteiger partial charge in [0.25, 0.3) is 0 Å². The van der Waals surface area contributed by atoms with Crippen LogP contribution in [0.2, 0.25) is 0 Å². The smallest absolute Gasteiger partial charge is 0.114 e. The standard InChI is InChI=1S/C13H15NOS2/c1-14(2)17-11-7-4-3-6-10(11)13(15)12-8-5-9-16-12/h3-9,13,15H,1-2H3. The van der Waals surface area contributed by atoms with Gasteiger partial charge in [-0.3, -0.25) is 4.31 Å². The van der Waals surface area contributed by atoms with Crippen LogP contribution in [0, 0.1) is 0 Å². The molecule has 0 aliphatic carbocycles. The van der Waals surface area contributed by atoms with Crippen LogP contribution in [0.5, 0.6) is 0 Å². The molecule has 17 heavy (non-hydrogen) atoms. The highest BCUT2D eigenvalue weighted by Gasteiger charge is 2.15. The number of thiophene rings is 1. The van der Waals surface area contributed by atoms with Crippen LogP contribution in [0.4, 0.5) is 0 Å². The van der Waals surface area contributed by atoms with E-state index in [0.717, 1.165) is 15.3 Å². The Labute approximate surface area is 110 Å². The van der Waals surface area contributed by atoms with Gasteiger partial charge in [0.2, 0.25) is 0 Å². The van der Waals surface area contributed by atoms with Gasteiger partial charge < -0.3 is 5.11 Å². The van der Waals surface area contributed by atoms with Crippen molar-refractivity contribution < 1.29 is 5.11 Å². The molecule has 0 bridgehead atoms. The van der Waals surface area contributed by atoms with Gasteiger partial charge in [-0.1, -0.05) is 24.3 Å². The molecule has 2 nitrogen and oxygen atoms in total. The van der Waals surface area contributed by atoms with Crippen molar-refractivity contribution in [1.82, 2.24) is 4.31 Å². The number of aliphatic hydroxyl groups excluding tert-OH is 1. The van der Waals surface area contributed by atoms with E-state index < -0.39 is 6.10 Å². The average Bonchev–Trinajstić information content (AvgIpc) is 2.81. The molecule has 2 rings (SSSR count). The van der Waals surface area contributed by atoms with E-state index in [0.29, 0.717) is 0 Å². The first-order chi connectivity index (χ1) is 8.18. The predicted octanol–water partition coefficient (Wildman–Crippen LogP) is 3.40. The van der Waals surface area contributed by atoms with Gasteiger partial charge in [-0.05, 0) is 43.6 Å². The molecule has 0 radical (unpaired) electrons. The first kappa shape index (κ1) is 12.6. The van der Waals surface area contributed by atoms with Gasteiger partial charge in [0.05, 0.1) is 0 Å². The molecule has 0 fully saturated rings. The summed E-state index contributed by atoms with van der Waals surface area (Å²) >= 11 is 3.21. The van der Waals surface area contributed by atoms with Crippen molar-refractivity contribution in [2.24, 2.45) is 0 Å². The van der Waals surface area contributed by atoms with Crippen LogP contribution in [-0.2, 0) is 0 Å². The Morgan fingerprint density at radius 1 is 1.18 bits per heavy atom. The Kier molecular flexibility index (Phi) is 4.23. The van der Waals surface area contributed by atoms with Crippen LogP contribution in [0.1, 0.15) is 16.5 Å². The Bertz CT molecular complexity index is 468.